The van der Waals surface area contributed by atoms with Crippen molar-refractivity contribution < 1.29 is 19.4 Å². The molecule has 0 radical (unpaired) electrons. The summed E-state index contributed by atoms with van der Waals surface area (Å²) in [6.45, 7) is 2.32. The molecule has 2 N–H and O–H groups in total. The third-order valence-electron chi connectivity index (χ3n) is 3.43. The number of rotatable bonds is 5. The van der Waals surface area contributed by atoms with E-state index in [1.807, 2.05) is 30.3 Å². The molecule has 128 valence electrons. The maximum atomic E-state index is 11.6. The van der Waals surface area contributed by atoms with Crippen molar-refractivity contribution in [1.82, 2.24) is 5.32 Å². The summed E-state index contributed by atoms with van der Waals surface area (Å²) in [4.78, 5) is 22.6. The summed E-state index contributed by atoms with van der Waals surface area (Å²) in [5, 5.41) is 11.7. The number of alkyl carbamates (subject to hydrolysis) is 1. The third kappa shape index (κ3) is 6.04. The van der Waals surface area contributed by atoms with Gasteiger partial charge in [0.25, 0.3) is 0 Å². The van der Waals surface area contributed by atoms with Crippen LogP contribution in [0.25, 0.3) is 0 Å². The van der Waals surface area contributed by atoms with Crippen molar-refractivity contribution in [1.29, 1.82) is 0 Å². The molecule has 2 aromatic carbocycles. The second-order valence-electron chi connectivity index (χ2n) is 5.38. The minimum Gasteiger partial charge on any atom is -0.478 e. The number of ether oxygens (including phenoxy) is 1. The standard InChI is InChI=1S/C20H19NO4/c1-15-10-11-16(13-18(15)19(22)23)7-5-6-12-21-20(24)25-14-17-8-3-2-4-9-17/h2-4,8-11,13H,6,12,14H2,1H3,(H,21,24)(H,22,23). The van der Waals surface area contributed by atoms with Gasteiger partial charge in [-0.2, -0.15) is 0 Å². The van der Waals surface area contributed by atoms with Crippen LogP contribution in [0.1, 0.15) is 33.5 Å². The molecule has 0 unspecified atom stereocenters. The molecule has 0 saturated carbocycles. The van der Waals surface area contributed by atoms with Gasteiger partial charge in [0.1, 0.15) is 6.61 Å². The molecular weight excluding hydrogens is 318 g/mol. The first kappa shape index (κ1) is 18.1. The smallest absolute Gasteiger partial charge is 0.407 e. The monoisotopic (exact) mass is 337 g/mol. The predicted molar refractivity (Wildman–Crippen MR) is 94.3 cm³/mol. The summed E-state index contributed by atoms with van der Waals surface area (Å²) in [7, 11) is 0. The van der Waals surface area contributed by atoms with Gasteiger partial charge in [-0.05, 0) is 30.2 Å². The molecule has 0 aliphatic heterocycles. The average Bonchev–Trinajstić information content (AvgIpc) is 2.61. The first-order chi connectivity index (χ1) is 12.1. The molecule has 2 aromatic rings. The van der Waals surface area contributed by atoms with E-state index in [0.717, 1.165) is 5.56 Å². The summed E-state index contributed by atoms with van der Waals surface area (Å²) in [6.07, 6.45) is -0.0503. The lowest BCUT2D eigenvalue weighted by Crippen LogP contribution is -2.24. The van der Waals surface area contributed by atoms with Crippen LogP contribution >= 0.6 is 0 Å². The number of benzene rings is 2. The van der Waals surface area contributed by atoms with E-state index in [0.29, 0.717) is 24.1 Å². The SMILES string of the molecule is Cc1ccc(C#CCCNC(=O)OCc2ccccc2)cc1C(=O)O. The number of nitrogens with one attached hydrogen (secondary N) is 1. The fourth-order valence-electron chi connectivity index (χ4n) is 2.10. The van der Waals surface area contributed by atoms with Crippen LogP contribution in [0.5, 0.6) is 0 Å². The van der Waals surface area contributed by atoms with Gasteiger partial charge in [0.15, 0.2) is 0 Å². The van der Waals surface area contributed by atoms with Gasteiger partial charge in [-0.15, -0.1) is 0 Å². The van der Waals surface area contributed by atoms with E-state index in [1.165, 1.54) is 0 Å². The molecule has 0 heterocycles. The van der Waals surface area contributed by atoms with Crippen molar-refractivity contribution in [3.63, 3.8) is 0 Å². The second kappa shape index (κ2) is 9.14. The Labute approximate surface area is 146 Å². The molecule has 0 atom stereocenters. The van der Waals surface area contributed by atoms with Crippen LogP contribution in [-0.4, -0.2) is 23.7 Å². The number of aromatic carboxylic acids is 1. The molecule has 5 heteroatoms. The molecule has 0 saturated heterocycles. The lowest BCUT2D eigenvalue weighted by Gasteiger charge is -2.05. The van der Waals surface area contributed by atoms with E-state index in [4.69, 9.17) is 9.84 Å². The Hall–Kier alpha value is -3.26. The van der Waals surface area contributed by atoms with Crippen molar-refractivity contribution in [2.75, 3.05) is 6.54 Å². The van der Waals surface area contributed by atoms with Gasteiger partial charge < -0.3 is 15.2 Å². The molecule has 25 heavy (non-hydrogen) atoms. The molecule has 5 nitrogen and oxygen atoms in total. The number of carboxylic acid groups (broad SMARTS) is 1. The zero-order chi connectivity index (χ0) is 18.1. The fourth-order valence-corrected chi connectivity index (χ4v) is 2.10. The maximum Gasteiger partial charge on any atom is 0.407 e. The number of hydrogen-bond acceptors (Lipinski definition) is 3. The minimum atomic E-state index is -0.969. The van der Waals surface area contributed by atoms with Crippen molar-refractivity contribution in [3.05, 3.63) is 70.8 Å². The number of carbonyl (C=O) groups is 2. The van der Waals surface area contributed by atoms with Crippen LogP contribution in [0.2, 0.25) is 0 Å². The van der Waals surface area contributed by atoms with Crippen LogP contribution < -0.4 is 5.32 Å². The van der Waals surface area contributed by atoms with Gasteiger partial charge in [-0.1, -0.05) is 48.2 Å². The molecule has 0 spiro atoms. The predicted octanol–water partition coefficient (Wildman–Crippen LogP) is 3.36. The molecule has 0 aromatic heterocycles. The Kier molecular flexibility index (Phi) is 6.61. The Morgan fingerprint density at radius 1 is 1.16 bits per heavy atom. The number of carbonyl (C=O) groups excluding carboxylic acids is 1. The largest absolute Gasteiger partial charge is 0.478 e. The van der Waals surface area contributed by atoms with Gasteiger partial charge in [0.05, 0.1) is 5.56 Å². The number of carboxylic acids is 1. The highest BCUT2D eigenvalue weighted by Crippen LogP contribution is 2.10. The van der Waals surface area contributed by atoms with Gasteiger partial charge in [-0.25, -0.2) is 9.59 Å². The quantitative estimate of drug-likeness (QED) is 0.648. The van der Waals surface area contributed by atoms with Gasteiger partial charge in [-0.3, -0.25) is 0 Å². The summed E-state index contributed by atoms with van der Waals surface area (Å²) < 4.78 is 5.08. The van der Waals surface area contributed by atoms with Crippen LogP contribution in [0.4, 0.5) is 4.79 Å². The second-order valence-corrected chi connectivity index (χ2v) is 5.38. The Morgan fingerprint density at radius 2 is 1.92 bits per heavy atom. The summed E-state index contributed by atoms with van der Waals surface area (Å²) in [5.41, 5.74) is 2.50. The molecule has 2 rings (SSSR count). The molecule has 0 bridgehead atoms. The van der Waals surface area contributed by atoms with Crippen LogP contribution in [-0.2, 0) is 11.3 Å². The molecule has 0 aliphatic rings. The molecule has 1 amide bonds. The zero-order valence-electron chi connectivity index (χ0n) is 13.9. The summed E-state index contributed by atoms with van der Waals surface area (Å²) in [6, 6.07) is 14.5. The Morgan fingerprint density at radius 3 is 2.64 bits per heavy atom. The highest BCUT2D eigenvalue weighted by atomic mass is 16.5. The van der Waals surface area contributed by atoms with Crippen LogP contribution in [0, 0.1) is 18.8 Å². The van der Waals surface area contributed by atoms with E-state index in [1.54, 1.807) is 25.1 Å². The summed E-state index contributed by atoms with van der Waals surface area (Å²) in [5.74, 6) is 4.83. The van der Waals surface area contributed by atoms with E-state index in [-0.39, 0.29) is 12.2 Å². The molecule has 0 fully saturated rings. The third-order valence-corrected chi connectivity index (χ3v) is 3.43. The van der Waals surface area contributed by atoms with Crippen LogP contribution in [0.3, 0.4) is 0 Å². The van der Waals surface area contributed by atoms with Crippen LogP contribution in [0.15, 0.2) is 48.5 Å². The van der Waals surface area contributed by atoms with Gasteiger partial charge >= 0.3 is 12.1 Å². The zero-order valence-corrected chi connectivity index (χ0v) is 13.9. The van der Waals surface area contributed by atoms with Gasteiger partial charge in [0, 0.05) is 18.5 Å². The highest BCUT2D eigenvalue weighted by Gasteiger charge is 2.06. The van der Waals surface area contributed by atoms with E-state index < -0.39 is 12.1 Å². The number of hydrogen-bond donors (Lipinski definition) is 2. The lowest BCUT2D eigenvalue weighted by molar-refractivity contribution is 0.0696. The molecule has 0 aliphatic carbocycles. The highest BCUT2D eigenvalue weighted by molar-refractivity contribution is 5.89. The van der Waals surface area contributed by atoms with Crippen molar-refractivity contribution in [2.24, 2.45) is 0 Å². The number of aryl methyl sites for hydroxylation is 1. The van der Waals surface area contributed by atoms with E-state index in [2.05, 4.69) is 17.2 Å². The van der Waals surface area contributed by atoms with E-state index in [9.17, 15) is 9.59 Å². The number of amides is 1. The first-order valence-electron chi connectivity index (χ1n) is 7.83. The van der Waals surface area contributed by atoms with Crippen molar-refractivity contribution in [3.8, 4) is 11.8 Å². The Bertz CT molecular complexity index is 803. The topological polar surface area (TPSA) is 75.6 Å². The lowest BCUT2D eigenvalue weighted by atomic mass is 10.1. The first-order valence-corrected chi connectivity index (χ1v) is 7.83. The molecular formula is C20H19NO4. The summed E-state index contributed by atoms with van der Waals surface area (Å²) >= 11 is 0. The maximum absolute atomic E-state index is 11.6. The average molecular weight is 337 g/mol. The van der Waals surface area contributed by atoms with Crippen molar-refractivity contribution in [2.45, 2.75) is 20.0 Å². The van der Waals surface area contributed by atoms with Gasteiger partial charge in [0.2, 0.25) is 0 Å². The fraction of sp³-hybridized carbons (Fsp3) is 0.200. The van der Waals surface area contributed by atoms with E-state index >= 15 is 0 Å². The normalized spacial score (nSPS) is 9.64. The minimum absolute atomic E-state index is 0.222. The Balaban J connectivity index is 1.74. The van der Waals surface area contributed by atoms with Crippen molar-refractivity contribution >= 4 is 12.1 Å².